The molecule has 118 valence electrons. The molecule has 0 aliphatic carbocycles. The minimum absolute atomic E-state index is 0.134. The van der Waals surface area contributed by atoms with Gasteiger partial charge in [0.2, 0.25) is 10.0 Å². The van der Waals surface area contributed by atoms with E-state index in [1.165, 1.54) is 4.31 Å². The highest BCUT2D eigenvalue weighted by molar-refractivity contribution is 7.89. The number of sulfonamides is 1. The van der Waals surface area contributed by atoms with Gasteiger partial charge in [-0.15, -0.1) is 12.3 Å². The van der Waals surface area contributed by atoms with Gasteiger partial charge in [0.25, 0.3) is 0 Å². The average molecular weight is 326 g/mol. The van der Waals surface area contributed by atoms with E-state index in [1.54, 1.807) is 0 Å². The summed E-state index contributed by atoms with van der Waals surface area (Å²) in [6, 6.07) is 2.16. The van der Waals surface area contributed by atoms with E-state index in [0.29, 0.717) is 19.2 Å². The predicted molar refractivity (Wildman–Crippen MR) is 77.3 cm³/mol. The Morgan fingerprint density at radius 1 is 1.36 bits per heavy atom. The second kappa shape index (κ2) is 5.61. The summed E-state index contributed by atoms with van der Waals surface area (Å²) in [6.07, 6.45) is 5.65. The third-order valence-corrected chi connectivity index (χ3v) is 6.40. The van der Waals surface area contributed by atoms with Crippen molar-refractivity contribution in [3.8, 4) is 12.3 Å². The molecule has 2 saturated heterocycles. The normalized spacial score (nSPS) is 28.5. The Morgan fingerprint density at radius 2 is 2.14 bits per heavy atom. The molecule has 3 atom stereocenters. The fraction of sp³-hybridized carbons (Fsp3) is 0.467. The molecular weight excluding hydrogens is 310 g/mol. The molecule has 1 unspecified atom stereocenters. The first-order chi connectivity index (χ1) is 10.4. The zero-order chi connectivity index (χ0) is 15.9. The number of hydrogen-bond acceptors (Lipinski definition) is 3. The zero-order valence-corrected chi connectivity index (χ0v) is 12.6. The summed E-state index contributed by atoms with van der Waals surface area (Å²) in [6.45, 7) is 1.74. The maximum Gasteiger partial charge on any atom is 0.246 e. The molecule has 4 nitrogen and oxygen atoms in total. The molecule has 0 saturated carbocycles. The van der Waals surface area contributed by atoms with Crippen LogP contribution in [0.5, 0.6) is 0 Å². The van der Waals surface area contributed by atoms with Crippen molar-refractivity contribution < 1.29 is 17.2 Å². The van der Waals surface area contributed by atoms with Gasteiger partial charge in [-0.1, -0.05) is 0 Å². The SMILES string of the molecule is C#CCC1[C@H]2CNC[C@H]2CN1S(=O)(=O)c1ccc(F)cc1F. The minimum atomic E-state index is -4.03. The molecule has 0 aromatic heterocycles. The Morgan fingerprint density at radius 3 is 2.82 bits per heavy atom. The molecule has 7 heteroatoms. The Bertz CT molecular complexity index is 730. The molecule has 1 N–H and O–H groups in total. The van der Waals surface area contributed by atoms with Crippen molar-refractivity contribution in [3.63, 3.8) is 0 Å². The quantitative estimate of drug-likeness (QED) is 0.849. The van der Waals surface area contributed by atoms with Crippen LogP contribution in [-0.4, -0.2) is 38.4 Å². The predicted octanol–water partition coefficient (Wildman–Crippen LogP) is 1.20. The highest BCUT2D eigenvalue weighted by Crippen LogP contribution is 2.38. The number of hydrogen-bond donors (Lipinski definition) is 1. The summed E-state index contributed by atoms with van der Waals surface area (Å²) in [5.74, 6) is 0.942. The highest BCUT2D eigenvalue weighted by Gasteiger charge is 2.49. The Kier molecular flexibility index (Phi) is 3.93. The van der Waals surface area contributed by atoms with Gasteiger partial charge in [0.1, 0.15) is 16.5 Å². The van der Waals surface area contributed by atoms with Gasteiger partial charge in [0, 0.05) is 25.1 Å². The molecule has 3 rings (SSSR count). The van der Waals surface area contributed by atoms with E-state index in [4.69, 9.17) is 6.42 Å². The first kappa shape index (κ1) is 15.4. The van der Waals surface area contributed by atoms with Crippen molar-refractivity contribution in [1.82, 2.24) is 9.62 Å². The Labute approximate surface area is 128 Å². The van der Waals surface area contributed by atoms with Gasteiger partial charge in [0.15, 0.2) is 0 Å². The lowest BCUT2D eigenvalue weighted by Crippen LogP contribution is -2.40. The van der Waals surface area contributed by atoms with Gasteiger partial charge >= 0.3 is 0 Å². The first-order valence-electron chi connectivity index (χ1n) is 7.06. The zero-order valence-electron chi connectivity index (χ0n) is 11.8. The average Bonchev–Trinajstić information content (AvgIpc) is 3.01. The molecule has 0 radical (unpaired) electrons. The summed E-state index contributed by atoms with van der Waals surface area (Å²) in [5, 5.41) is 3.23. The molecule has 0 amide bonds. The summed E-state index contributed by atoms with van der Waals surface area (Å²) in [5.41, 5.74) is 0. The molecule has 2 aliphatic heterocycles. The van der Waals surface area contributed by atoms with Gasteiger partial charge in [-0.25, -0.2) is 17.2 Å². The summed E-state index contributed by atoms with van der Waals surface area (Å²) in [7, 11) is -4.03. The van der Waals surface area contributed by atoms with Crippen LogP contribution in [-0.2, 0) is 10.0 Å². The lowest BCUT2D eigenvalue weighted by Gasteiger charge is -2.26. The van der Waals surface area contributed by atoms with Crippen molar-refractivity contribution in [3.05, 3.63) is 29.8 Å². The maximum atomic E-state index is 13.9. The smallest absolute Gasteiger partial charge is 0.246 e. The highest BCUT2D eigenvalue weighted by atomic mass is 32.2. The van der Waals surface area contributed by atoms with Crippen LogP contribution in [0.2, 0.25) is 0 Å². The van der Waals surface area contributed by atoms with Crippen LogP contribution >= 0.6 is 0 Å². The second-order valence-corrected chi connectivity index (χ2v) is 7.57. The molecular formula is C15H16F2N2O2S. The van der Waals surface area contributed by atoms with E-state index >= 15 is 0 Å². The number of benzene rings is 1. The summed E-state index contributed by atoms with van der Waals surface area (Å²) in [4.78, 5) is -0.496. The van der Waals surface area contributed by atoms with Gasteiger partial charge in [-0.3, -0.25) is 0 Å². The fourth-order valence-electron chi connectivity index (χ4n) is 3.44. The van der Waals surface area contributed by atoms with Crippen LogP contribution in [0.25, 0.3) is 0 Å². The van der Waals surface area contributed by atoms with Crippen LogP contribution in [0.15, 0.2) is 23.1 Å². The van der Waals surface area contributed by atoms with Crippen LogP contribution in [0, 0.1) is 35.8 Å². The van der Waals surface area contributed by atoms with Crippen molar-refractivity contribution in [2.45, 2.75) is 17.4 Å². The van der Waals surface area contributed by atoms with Crippen LogP contribution in [0.3, 0.4) is 0 Å². The van der Waals surface area contributed by atoms with Crippen LogP contribution < -0.4 is 5.32 Å². The van der Waals surface area contributed by atoms with E-state index in [1.807, 2.05) is 0 Å². The molecule has 2 aliphatic rings. The monoisotopic (exact) mass is 326 g/mol. The molecule has 0 spiro atoms. The van der Waals surface area contributed by atoms with Gasteiger partial charge < -0.3 is 5.32 Å². The Balaban J connectivity index is 1.99. The minimum Gasteiger partial charge on any atom is -0.316 e. The fourth-order valence-corrected chi connectivity index (χ4v) is 5.22. The van der Waals surface area contributed by atoms with Gasteiger partial charge in [0.05, 0.1) is 0 Å². The van der Waals surface area contributed by atoms with Gasteiger partial charge in [-0.2, -0.15) is 4.31 Å². The van der Waals surface area contributed by atoms with E-state index in [0.717, 1.165) is 18.7 Å². The standard InChI is InChI=1S/C15H16F2N2O2S/c1-2-3-14-12-8-18-7-10(12)9-19(14)22(20,21)15-5-4-11(16)6-13(15)17/h1,4-6,10,12,14,18H,3,7-9H2/t10-,12-,14?/m0/s1. The number of nitrogens with one attached hydrogen (secondary N) is 1. The number of fused-ring (bicyclic) bond motifs is 1. The van der Waals surface area contributed by atoms with Crippen molar-refractivity contribution in [1.29, 1.82) is 0 Å². The molecule has 0 bridgehead atoms. The van der Waals surface area contributed by atoms with Crippen molar-refractivity contribution in [2.75, 3.05) is 19.6 Å². The number of halogens is 2. The van der Waals surface area contributed by atoms with Crippen molar-refractivity contribution >= 4 is 10.0 Å². The van der Waals surface area contributed by atoms with E-state index < -0.39 is 26.6 Å². The number of terminal acetylenes is 1. The Hall–Kier alpha value is -1.49. The third-order valence-electron chi connectivity index (χ3n) is 4.48. The van der Waals surface area contributed by atoms with Crippen LogP contribution in [0.1, 0.15) is 6.42 Å². The lowest BCUT2D eigenvalue weighted by molar-refractivity contribution is 0.341. The van der Waals surface area contributed by atoms with E-state index in [-0.39, 0.29) is 24.3 Å². The number of rotatable bonds is 3. The largest absolute Gasteiger partial charge is 0.316 e. The summed E-state index contributed by atoms with van der Waals surface area (Å²) >= 11 is 0. The second-order valence-electron chi connectivity index (χ2n) is 5.71. The molecule has 2 fully saturated rings. The van der Waals surface area contributed by atoms with Gasteiger partial charge in [-0.05, 0) is 37.1 Å². The molecule has 1 aromatic rings. The maximum absolute atomic E-state index is 13.9. The molecule has 22 heavy (non-hydrogen) atoms. The van der Waals surface area contributed by atoms with Crippen molar-refractivity contribution in [2.24, 2.45) is 11.8 Å². The lowest BCUT2D eigenvalue weighted by atomic mass is 9.93. The number of nitrogens with zero attached hydrogens (tertiary/aromatic N) is 1. The molecule has 2 heterocycles. The van der Waals surface area contributed by atoms with E-state index in [9.17, 15) is 17.2 Å². The van der Waals surface area contributed by atoms with Crippen LogP contribution in [0.4, 0.5) is 8.78 Å². The summed E-state index contributed by atoms with van der Waals surface area (Å²) < 4.78 is 53.7. The topological polar surface area (TPSA) is 49.4 Å². The molecule has 1 aromatic carbocycles. The van der Waals surface area contributed by atoms with E-state index in [2.05, 4.69) is 11.2 Å². The third kappa shape index (κ3) is 2.41. The first-order valence-corrected chi connectivity index (χ1v) is 8.50.